The van der Waals surface area contributed by atoms with E-state index in [0.717, 1.165) is 11.3 Å². The molecule has 3 rings (SSSR count). The monoisotopic (exact) mass is 364 g/mol. The molecule has 27 heavy (non-hydrogen) atoms. The van der Waals surface area contributed by atoms with Gasteiger partial charge in [0, 0.05) is 12.3 Å². The summed E-state index contributed by atoms with van der Waals surface area (Å²) in [5.74, 6) is 1.58. The van der Waals surface area contributed by atoms with Crippen LogP contribution in [0.15, 0.2) is 48.7 Å². The number of nitrogens with zero attached hydrogens (tertiary/aromatic N) is 3. The lowest BCUT2D eigenvalue weighted by atomic mass is 10.1. The zero-order valence-corrected chi connectivity index (χ0v) is 16.3. The van der Waals surface area contributed by atoms with Crippen LogP contribution in [0.25, 0.3) is 5.82 Å². The van der Waals surface area contributed by atoms with Crippen molar-refractivity contribution in [1.82, 2.24) is 14.8 Å². The first kappa shape index (κ1) is 18.6. The van der Waals surface area contributed by atoms with E-state index in [4.69, 9.17) is 4.74 Å². The van der Waals surface area contributed by atoms with Crippen molar-refractivity contribution >= 4 is 11.7 Å². The Labute approximate surface area is 159 Å². The molecule has 0 atom stereocenters. The normalized spacial score (nSPS) is 11.3. The van der Waals surface area contributed by atoms with E-state index in [9.17, 15) is 4.79 Å². The number of benzene rings is 1. The first-order valence-electron chi connectivity index (χ1n) is 8.82. The number of nitrogens with one attached hydrogen (secondary N) is 1. The second kappa shape index (κ2) is 7.23. The molecular formula is C21H24N4O2. The molecule has 0 fully saturated rings. The molecule has 6 nitrogen and oxygen atoms in total. The molecule has 0 saturated carbocycles. The number of aryl methyl sites for hydroxylation is 3. The number of carbonyl (C=O) groups excluding carboxylic acids is 1. The van der Waals surface area contributed by atoms with E-state index < -0.39 is 5.60 Å². The average molecular weight is 364 g/mol. The van der Waals surface area contributed by atoms with Crippen LogP contribution in [-0.2, 0) is 4.79 Å². The van der Waals surface area contributed by atoms with Crippen LogP contribution < -0.4 is 10.1 Å². The molecule has 1 N–H and O–H groups in total. The first-order valence-corrected chi connectivity index (χ1v) is 8.82. The second-order valence-corrected chi connectivity index (χ2v) is 7.08. The van der Waals surface area contributed by atoms with Gasteiger partial charge in [0.25, 0.3) is 5.91 Å². The van der Waals surface area contributed by atoms with Crippen LogP contribution >= 0.6 is 0 Å². The van der Waals surface area contributed by atoms with Crippen LogP contribution in [-0.4, -0.2) is 26.3 Å². The van der Waals surface area contributed by atoms with Crippen LogP contribution in [0.3, 0.4) is 0 Å². The van der Waals surface area contributed by atoms with Gasteiger partial charge in [0.2, 0.25) is 0 Å². The van der Waals surface area contributed by atoms with Crippen molar-refractivity contribution in [2.45, 2.75) is 40.2 Å². The molecule has 1 amide bonds. The van der Waals surface area contributed by atoms with Crippen molar-refractivity contribution in [3.8, 4) is 11.6 Å². The second-order valence-electron chi connectivity index (χ2n) is 7.08. The molecule has 0 aliphatic carbocycles. The van der Waals surface area contributed by atoms with E-state index in [-0.39, 0.29) is 5.91 Å². The predicted octanol–water partition coefficient (Wildman–Crippen LogP) is 3.99. The molecule has 2 aromatic heterocycles. The van der Waals surface area contributed by atoms with E-state index >= 15 is 0 Å². The zero-order chi connectivity index (χ0) is 19.6. The van der Waals surface area contributed by atoms with Gasteiger partial charge in [-0.15, -0.1) is 0 Å². The first-order chi connectivity index (χ1) is 12.8. The van der Waals surface area contributed by atoms with E-state index in [1.807, 2.05) is 57.2 Å². The Kier molecular flexibility index (Phi) is 4.99. The number of aromatic nitrogens is 3. The van der Waals surface area contributed by atoms with Crippen LogP contribution in [0.2, 0.25) is 0 Å². The third-order valence-electron chi connectivity index (χ3n) is 4.34. The molecule has 6 heteroatoms. The molecule has 2 heterocycles. The van der Waals surface area contributed by atoms with E-state index in [0.29, 0.717) is 17.4 Å². The van der Waals surface area contributed by atoms with Crippen molar-refractivity contribution in [2.75, 3.05) is 5.32 Å². The number of hydrogen-bond donors (Lipinski definition) is 1. The van der Waals surface area contributed by atoms with Gasteiger partial charge < -0.3 is 10.1 Å². The summed E-state index contributed by atoms with van der Waals surface area (Å²) in [4.78, 5) is 17.2. The molecule has 1 aromatic carbocycles. The summed E-state index contributed by atoms with van der Waals surface area (Å²) in [6, 6.07) is 13.1. The summed E-state index contributed by atoms with van der Waals surface area (Å²) >= 11 is 0. The Morgan fingerprint density at radius 2 is 1.85 bits per heavy atom. The Balaban J connectivity index is 1.81. The Morgan fingerprint density at radius 1 is 1.07 bits per heavy atom. The molecule has 140 valence electrons. The van der Waals surface area contributed by atoms with Crippen molar-refractivity contribution in [3.05, 3.63) is 65.5 Å². The van der Waals surface area contributed by atoms with Crippen LogP contribution in [0, 0.1) is 20.8 Å². The summed E-state index contributed by atoms with van der Waals surface area (Å²) < 4.78 is 7.58. The third kappa shape index (κ3) is 4.16. The Hall–Kier alpha value is -3.15. The highest BCUT2D eigenvalue weighted by Crippen LogP contribution is 2.23. The number of anilines is 1. The van der Waals surface area contributed by atoms with Crippen molar-refractivity contribution in [3.63, 3.8) is 0 Å². The summed E-state index contributed by atoms with van der Waals surface area (Å²) in [5.41, 5.74) is 2.02. The van der Waals surface area contributed by atoms with Crippen molar-refractivity contribution in [2.24, 2.45) is 0 Å². The lowest BCUT2D eigenvalue weighted by Gasteiger charge is -2.25. The number of hydrogen-bond acceptors (Lipinski definition) is 4. The van der Waals surface area contributed by atoms with Crippen molar-refractivity contribution < 1.29 is 9.53 Å². The molecule has 0 aliphatic rings. The van der Waals surface area contributed by atoms with Gasteiger partial charge in [0.05, 0.1) is 5.69 Å². The summed E-state index contributed by atoms with van der Waals surface area (Å²) in [6.07, 6.45) is 1.69. The summed E-state index contributed by atoms with van der Waals surface area (Å²) in [7, 11) is 0. The minimum absolute atomic E-state index is 0.266. The number of amides is 1. The fourth-order valence-electron chi connectivity index (χ4n) is 2.63. The summed E-state index contributed by atoms with van der Waals surface area (Å²) in [5, 5.41) is 7.33. The van der Waals surface area contributed by atoms with Gasteiger partial charge in [-0.1, -0.05) is 12.1 Å². The van der Waals surface area contributed by atoms with E-state index in [2.05, 4.69) is 15.4 Å². The van der Waals surface area contributed by atoms with E-state index in [1.165, 1.54) is 5.56 Å². The van der Waals surface area contributed by atoms with Gasteiger partial charge >= 0.3 is 0 Å². The largest absolute Gasteiger partial charge is 0.478 e. The van der Waals surface area contributed by atoms with Gasteiger partial charge in [-0.2, -0.15) is 9.78 Å². The molecular weight excluding hydrogens is 340 g/mol. The van der Waals surface area contributed by atoms with Crippen molar-refractivity contribution in [1.29, 1.82) is 0 Å². The minimum Gasteiger partial charge on any atom is -0.478 e. The molecule has 0 saturated heterocycles. The standard InChI is InChI=1S/C21H24N4O2/c1-14-9-10-17(12-15(14)2)27-21(4,5)20(26)23-19-13-16(3)24-25(19)18-8-6-7-11-22-18/h6-13H,1-5H3,(H,23,26). The average Bonchev–Trinajstić information content (AvgIpc) is 2.99. The fourth-order valence-corrected chi connectivity index (χ4v) is 2.63. The number of ether oxygens (including phenoxy) is 1. The number of pyridine rings is 1. The third-order valence-corrected chi connectivity index (χ3v) is 4.34. The number of rotatable bonds is 5. The maximum Gasteiger partial charge on any atom is 0.269 e. The van der Waals surface area contributed by atoms with Crippen LogP contribution in [0.5, 0.6) is 5.75 Å². The van der Waals surface area contributed by atoms with Gasteiger partial charge in [-0.05, 0) is 70.0 Å². The number of carbonyl (C=O) groups is 1. The highest BCUT2D eigenvalue weighted by molar-refractivity contribution is 5.96. The molecule has 0 unspecified atom stereocenters. The van der Waals surface area contributed by atoms with Gasteiger partial charge in [-0.25, -0.2) is 4.98 Å². The van der Waals surface area contributed by atoms with E-state index in [1.54, 1.807) is 30.8 Å². The quantitative estimate of drug-likeness (QED) is 0.743. The lowest BCUT2D eigenvalue weighted by Crippen LogP contribution is -2.43. The fraction of sp³-hybridized carbons (Fsp3) is 0.286. The Morgan fingerprint density at radius 3 is 2.52 bits per heavy atom. The molecule has 0 spiro atoms. The smallest absolute Gasteiger partial charge is 0.269 e. The minimum atomic E-state index is -1.06. The molecule has 0 radical (unpaired) electrons. The molecule has 0 bridgehead atoms. The SMILES string of the molecule is Cc1cc(NC(=O)C(C)(C)Oc2ccc(C)c(C)c2)n(-c2ccccn2)n1. The lowest BCUT2D eigenvalue weighted by molar-refractivity contribution is -0.128. The van der Waals surface area contributed by atoms with Gasteiger partial charge in [0.15, 0.2) is 11.4 Å². The maximum atomic E-state index is 12.9. The maximum absolute atomic E-state index is 12.9. The van der Waals surface area contributed by atoms with Crippen LogP contribution in [0.4, 0.5) is 5.82 Å². The topological polar surface area (TPSA) is 69.0 Å². The summed E-state index contributed by atoms with van der Waals surface area (Å²) in [6.45, 7) is 9.41. The van der Waals surface area contributed by atoms with Gasteiger partial charge in [0.1, 0.15) is 11.6 Å². The zero-order valence-electron chi connectivity index (χ0n) is 16.3. The highest BCUT2D eigenvalue weighted by Gasteiger charge is 2.31. The predicted molar refractivity (Wildman–Crippen MR) is 105 cm³/mol. The molecule has 3 aromatic rings. The van der Waals surface area contributed by atoms with Crippen LogP contribution in [0.1, 0.15) is 30.7 Å². The van der Waals surface area contributed by atoms with Gasteiger partial charge in [-0.3, -0.25) is 4.79 Å². The Bertz CT molecular complexity index is 962. The molecule has 0 aliphatic heterocycles. The highest BCUT2D eigenvalue weighted by atomic mass is 16.5.